The molecule has 5 heteroatoms. The van der Waals surface area contributed by atoms with Gasteiger partial charge in [-0.1, -0.05) is 25.4 Å². The highest BCUT2D eigenvalue weighted by Gasteiger charge is 2.19. The molecular formula is C12H18ClN3O. The number of carbonyl (C=O) groups excluding carboxylic acids is 1. The van der Waals surface area contributed by atoms with Gasteiger partial charge in [0.1, 0.15) is 11.5 Å². The average molecular weight is 256 g/mol. The molecule has 1 amide bonds. The van der Waals surface area contributed by atoms with Crippen LogP contribution in [0.15, 0.2) is 12.1 Å². The summed E-state index contributed by atoms with van der Waals surface area (Å²) in [5, 5.41) is 0.339. The smallest absolute Gasteiger partial charge is 0.274 e. The Morgan fingerprint density at radius 2 is 2.18 bits per heavy atom. The fraction of sp³-hybridized carbons (Fsp3) is 0.500. The highest BCUT2D eigenvalue weighted by atomic mass is 35.5. The van der Waals surface area contributed by atoms with Crippen molar-refractivity contribution in [1.82, 2.24) is 9.88 Å². The molecule has 0 bridgehead atoms. The zero-order chi connectivity index (χ0) is 13.0. The first-order chi connectivity index (χ1) is 7.95. The van der Waals surface area contributed by atoms with E-state index in [0.29, 0.717) is 29.8 Å². The van der Waals surface area contributed by atoms with Gasteiger partial charge in [-0.25, -0.2) is 4.98 Å². The summed E-state index contributed by atoms with van der Waals surface area (Å²) in [6.45, 7) is 7.36. The van der Waals surface area contributed by atoms with E-state index in [2.05, 4.69) is 18.8 Å². The fourth-order valence-electron chi connectivity index (χ4n) is 1.55. The number of aromatic nitrogens is 1. The predicted molar refractivity (Wildman–Crippen MR) is 70.1 cm³/mol. The van der Waals surface area contributed by atoms with Gasteiger partial charge < -0.3 is 10.6 Å². The molecule has 1 aromatic rings. The highest BCUT2D eigenvalue weighted by molar-refractivity contribution is 6.33. The van der Waals surface area contributed by atoms with E-state index >= 15 is 0 Å². The molecule has 0 unspecified atom stereocenters. The second-order valence-corrected chi connectivity index (χ2v) is 4.71. The maximum atomic E-state index is 12.2. The third-order valence-corrected chi connectivity index (χ3v) is 2.63. The van der Waals surface area contributed by atoms with Crippen molar-refractivity contribution >= 4 is 23.3 Å². The number of pyridine rings is 1. The molecular weight excluding hydrogens is 238 g/mol. The van der Waals surface area contributed by atoms with Gasteiger partial charge in [0.2, 0.25) is 0 Å². The maximum absolute atomic E-state index is 12.2. The molecule has 0 atom stereocenters. The molecule has 0 aliphatic carbocycles. The summed E-state index contributed by atoms with van der Waals surface area (Å²) in [5.74, 6) is 0.538. The van der Waals surface area contributed by atoms with E-state index in [1.807, 2.05) is 6.92 Å². The van der Waals surface area contributed by atoms with Gasteiger partial charge in [0.25, 0.3) is 5.91 Å². The molecule has 94 valence electrons. The van der Waals surface area contributed by atoms with Crippen molar-refractivity contribution in [2.45, 2.75) is 20.8 Å². The molecule has 0 saturated carbocycles. The third kappa shape index (κ3) is 3.60. The summed E-state index contributed by atoms with van der Waals surface area (Å²) >= 11 is 5.96. The van der Waals surface area contributed by atoms with Crippen LogP contribution >= 0.6 is 11.6 Å². The SMILES string of the molecule is CCN(CC(C)C)C(=O)c1nc(N)ccc1Cl. The number of halogens is 1. The Hall–Kier alpha value is -1.29. The monoisotopic (exact) mass is 255 g/mol. The van der Waals surface area contributed by atoms with Crippen molar-refractivity contribution in [3.05, 3.63) is 22.8 Å². The lowest BCUT2D eigenvalue weighted by atomic mass is 10.2. The van der Waals surface area contributed by atoms with Crippen molar-refractivity contribution in [3.8, 4) is 0 Å². The predicted octanol–water partition coefficient (Wildman–Crippen LogP) is 2.44. The second-order valence-electron chi connectivity index (χ2n) is 4.30. The van der Waals surface area contributed by atoms with Gasteiger partial charge in [0, 0.05) is 13.1 Å². The molecule has 2 N–H and O–H groups in total. The van der Waals surface area contributed by atoms with Gasteiger partial charge >= 0.3 is 0 Å². The van der Waals surface area contributed by atoms with Crippen molar-refractivity contribution < 1.29 is 4.79 Å². The van der Waals surface area contributed by atoms with Crippen LogP contribution in [-0.2, 0) is 0 Å². The van der Waals surface area contributed by atoms with Crippen molar-refractivity contribution in [3.63, 3.8) is 0 Å². The quantitative estimate of drug-likeness (QED) is 0.899. The summed E-state index contributed by atoms with van der Waals surface area (Å²) < 4.78 is 0. The van der Waals surface area contributed by atoms with Gasteiger partial charge in [-0.2, -0.15) is 0 Å². The number of anilines is 1. The van der Waals surface area contributed by atoms with E-state index in [0.717, 1.165) is 0 Å². The lowest BCUT2D eigenvalue weighted by Gasteiger charge is -2.22. The zero-order valence-electron chi connectivity index (χ0n) is 10.4. The summed E-state index contributed by atoms with van der Waals surface area (Å²) in [7, 11) is 0. The Balaban J connectivity index is 2.97. The van der Waals surface area contributed by atoms with Gasteiger partial charge in [-0.3, -0.25) is 4.79 Å². The average Bonchev–Trinajstić information content (AvgIpc) is 2.28. The molecule has 1 aromatic heterocycles. The molecule has 0 radical (unpaired) electrons. The lowest BCUT2D eigenvalue weighted by Crippen LogP contribution is -2.34. The van der Waals surface area contributed by atoms with E-state index in [9.17, 15) is 4.79 Å². The minimum atomic E-state index is -0.168. The molecule has 17 heavy (non-hydrogen) atoms. The molecule has 0 fully saturated rings. The van der Waals surface area contributed by atoms with E-state index in [4.69, 9.17) is 17.3 Å². The zero-order valence-corrected chi connectivity index (χ0v) is 11.2. The van der Waals surface area contributed by atoms with Gasteiger partial charge in [0.05, 0.1) is 5.02 Å². The van der Waals surface area contributed by atoms with Crippen LogP contribution < -0.4 is 5.73 Å². The van der Waals surface area contributed by atoms with Crippen LogP contribution in [0.4, 0.5) is 5.82 Å². The molecule has 0 saturated heterocycles. The van der Waals surface area contributed by atoms with E-state index < -0.39 is 0 Å². The minimum Gasteiger partial charge on any atom is -0.384 e. The topological polar surface area (TPSA) is 59.2 Å². The Morgan fingerprint density at radius 1 is 1.53 bits per heavy atom. The number of nitrogens with two attached hydrogens (primary N) is 1. The number of nitrogens with zero attached hydrogens (tertiary/aromatic N) is 2. The van der Waals surface area contributed by atoms with E-state index in [1.54, 1.807) is 17.0 Å². The first kappa shape index (κ1) is 13.8. The molecule has 1 heterocycles. The summed E-state index contributed by atoms with van der Waals surface area (Å²) in [5.41, 5.74) is 5.80. The van der Waals surface area contributed by atoms with Crippen LogP contribution in [0.3, 0.4) is 0 Å². The number of hydrogen-bond acceptors (Lipinski definition) is 3. The van der Waals surface area contributed by atoms with Crippen molar-refractivity contribution in [2.24, 2.45) is 5.92 Å². The molecule has 0 aliphatic heterocycles. The minimum absolute atomic E-state index is 0.168. The summed E-state index contributed by atoms with van der Waals surface area (Å²) in [4.78, 5) is 17.9. The third-order valence-electron chi connectivity index (χ3n) is 2.32. The number of amides is 1. The number of carbonyl (C=O) groups is 1. The van der Waals surface area contributed by atoms with Crippen LogP contribution in [0, 0.1) is 5.92 Å². The molecule has 0 spiro atoms. The van der Waals surface area contributed by atoms with Gasteiger partial charge in [0.15, 0.2) is 0 Å². The van der Waals surface area contributed by atoms with E-state index in [-0.39, 0.29) is 11.6 Å². The number of nitrogen functional groups attached to an aromatic ring is 1. The first-order valence-electron chi connectivity index (χ1n) is 5.67. The summed E-state index contributed by atoms with van der Waals surface area (Å²) in [6, 6.07) is 3.18. The number of hydrogen-bond donors (Lipinski definition) is 1. The van der Waals surface area contributed by atoms with Crippen LogP contribution in [-0.4, -0.2) is 28.9 Å². The molecule has 0 aliphatic rings. The van der Waals surface area contributed by atoms with Gasteiger partial charge in [-0.05, 0) is 25.0 Å². The van der Waals surface area contributed by atoms with Crippen LogP contribution in [0.1, 0.15) is 31.3 Å². The largest absolute Gasteiger partial charge is 0.384 e. The van der Waals surface area contributed by atoms with Crippen LogP contribution in [0.25, 0.3) is 0 Å². The Morgan fingerprint density at radius 3 is 2.71 bits per heavy atom. The molecule has 4 nitrogen and oxygen atoms in total. The number of rotatable bonds is 4. The maximum Gasteiger partial charge on any atom is 0.274 e. The second kappa shape index (κ2) is 5.87. The highest BCUT2D eigenvalue weighted by Crippen LogP contribution is 2.17. The van der Waals surface area contributed by atoms with Gasteiger partial charge in [-0.15, -0.1) is 0 Å². The Bertz CT molecular complexity index is 407. The standard InChI is InChI=1S/C12H18ClN3O/c1-4-16(7-8(2)3)12(17)11-9(13)5-6-10(14)15-11/h5-6,8H,4,7H2,1-3H3,(H2,14,15). The lowest BCUT2D eigenvalue weighted by molar-refractivity contribution is 0.0740. The Kier molecular flexibility index (Phi) is 4.75. The van der Waals surface area contributed by atoms with E-state index in [1.165, 1.54) is 0 Å². The van der Waals surface area contributed by atoms with Crippen LogP contribution in [0.5, 0.6) is 0 Å². The summed E-state index contributed by atoms with van der Waals surface area (Å²) in [6.07, 6.45) is 0. The molecule has 1 rings (SSSR count). The normalized spacial score (nSPS) is 10.6. The van der Waals surface area contributed by atoms with Crippen molar-refractivity contribution in [2.75, 3.05) is 18.8 Å². The van der Waals surface area contributed by atoms with Crippen LogP contribution in [0.2, 0.25) is 5.02 Å². The van der Waals surface area contributed by atoms with Crippen molar-refractivity contribution in [1.29, 1.82) is 0 Å². The Labute approximate surface area is 107 Å². The molecule has 0 aromatic carbocycles. The fourth-order valence-corrected chi connectivity index (χ4v) is 1.74. The first-order valence-corrected chi connectivity index (χ1v) is 6.04.